The van der Waals surface area contributed by atoms with E-state index in [9.17, 15) is 4.79 Å². The summed E-state index contributed by atoms with van der Waals surface area (Å²) in [4.78, 5) is 19.8. The highest BCUT2D eigenvalue weighted by Crippen LogP contribution is 2.38. The van der Waals surface area contributed by atoms with E-state index in [1.54, 1.807) is 6.20 Å². The lowest BCUT2D eigenvalue weighted by Gasteiger charge is -2.27. The van der Waals surface area contributed by atoms with E-state index in [-0.39, 0.29) is 11.8 Å². The number of pyridine rings is 1. The molecule has 0 radical (unpaired) electrons. The van der Waals surface area contributed by atoms with Gasteiger partial charge in [-0.3, -0.25) is 4.79 Å². The van der Waals surface area contributed by atoms with Crippen molar-refractivity contribution in [3.05, 3.63) is 35.9 Å². The third kappa shape index (κ3) is 3.26. The van der Waals surface area contributed by atoms with Crippen molar-refractivity contribution in [1.29, 1.82) is 0 Å². The summed E-state index contributed by atoms with van der Waals surface area (Å²) >= 11 is 0. The van der Waals surface area contributed by atoms with Crippen LogP contribution in [0.15, 0.2) is 33.6 Å². The smallest absolute Gasteiger partial charge is 0.305 e. The Kier molecular flexibility index (Phi) is 4.19. The highest BCUT2D eigenvalue weighted by atomic mass is 16.5. The van der Waals surface area contributed by atoms with Gasteiger partial charge < -0.3 is 18.7 Å². The lowest BCUT2D eigenvalue weighted by molar-refractivity contribution is -0.137. The second-order valence-electron chi connectivity index (χ2n) is 8.49. The largest absolute Gasteiger partial charge is 0.481 e. The van der Waals surface area contributed by atoms with Gasteiger partial charge in [0.25, 0.3) is 5.89 Å². The van der Waals surface area contributed by atoms with Crippen molar-refractivity contribution >= 4 is 17.0 Å². The first-order valence-electron chi connectivity index (χ1n) is 9.88. The molecule has 30 heavy (non-hydrogen) atoms. The van der Waals surface area contributed by atoms with Gasteiger partial charge in [-0.15, -0.1) is 0 Å². The molecular formula is C21H21N5O4. The SMILES string of the molecule is CC1(C)CCc2c(-c3nc(-c4cnc5c(ccn5CCC(=O)O)c4)no3)noc2C1. The van der Waals surface area contributed by atoms with Crippen LogP contribution in [0.2, 0.25) is 0 Å². The van der Waals surface area contributed by atoms with Crippen LogP contribution >= 0.6 is 0 Å². The van der Waals surface area contributed by atoms with Gasteiger partial charge in [0.15, 0.2) is 5.69 Å². The number of rotatable bonds is 5. The molecule has 154 valence electrons. The highest BCUT2D eigenvalue weighted by molar-refractivity contribution is 5.81. The Morgan fingerprint density at radius 1 is 1.30 bits per heavy atom. The number of hydrogen-bond donors (Lipinski definition) is 1. The van der Waals surface area contributed by atoms with Gasteiger partial charge in [-0.05, 0) is 30.4 Å². The first-order valence-corrected chi connectivity index (χ1v) is 9.88. The third-order valence-electron chi connectivity index (χ3n) is 5.62. The number of hydrogen-bond acceptors (Lipinski definition) is 7. The van der Waals surface area contributed by atoms with Crippen LogP contribution in [0.1, 0.15) is 38.0 Å². The molecule has 4 aromatic heterocycles. The van der Waals surface area contributed by atoms with Gasteiger partial charge in [-0.1, -0.05) is 24.2 Å². The predicted octanol–water partition coefficient (Wildman–Crippen LogP) is 3.73. The van der Waals surface area contributed by atoms with E-state index in [0.717, 1.165) is 41.6 Å². The standard InChI is InChI=1S/C21H21N5O4/c1-21(2)6-3-14-15(10-21)29-24-17(14)20-23-18(25-30-20)13-9-12-4-7-26(8-5-16(27)28)19(12)22-11-13/h4,7,9,11H,3,5-6,8,10H2,1-2H3,(H,27,28). The van der Waals surface area contributed by atoms with E-state index in [4.69, 9.17) is 14.2 Å². The highest BCUT2D eigenvalue weighted by Gasteiger charge is 2.32. The molecule has 0 fully saturated rings. The molecule has 9 nitrogen and oxygen atoms in total. The minimum Gasteiger partial charge on any atom is -0.481 e. The maximum atomic E-state index is 10.8. The number of carboxylic acids is 1. The van der Waals surface area contributed by atoms with Crippen LogP contribution < -0.4 is 0 Å². The van der Waals surface area contributed by atoms with Gasteiger partial charge in [-0.2, -0.15) is 4.98 Å². The zero-order valence-electron chi connectivity index (χ0n) is 16.8. The van der Waals surface area contributed by atoms with Gasteiger partial charge in [0.05, 0.1) is 6.42 Å². The number of nitrogens with zero attached hydrogens (tertiary/aromatic N) is 5. The van der Waals surface area contributed by atoms with Gasteiger partial charge >= 0.3 is 5.97 Å². The van der Waals surface area contributed by atoms with Crippen molar-refractivity contribution < 1.29 is 18.9 Å². The monoisotopic (exact) mass is 407 g/mol. The number of aromatic nitrogens is 5. The maximum absolute atomic E-state index is 10.8. The van der Waals surface area contributed by atoms with Gasteiger partial charge in [0, 0.05) is 41.9 Å². The second-order valence-corrected chi connectivity index (χ2v) is 8.49. The molecule has 0 amide bonds. The van der Waals surface area contributed by atoms with E-state index < -0.39 is 5.97 Å². The van der Waals surface area contributed by atoms with E-state index >= 15 is 0 Å². The van der Waals surface area contributed by atoms with Crippen LogP contribution in [0, 0.1) is 5.41 Å². The Morgan fingerprint density at radius 2 is 2.17 bits per heavy atom. The van der Waals surface area contributed by atoms with Crippen molar-refractivity contribution in [3.63, 3.8) is 0 Å². The Morgan fingerprint density at radius 3 is 3.00 bits per heavy atom. The van der Waals surface area contributed by atoms with Crippen LogP contribution in [-0.4, -0.2) is 35.9 Å². The second kappa shape index (κ2) is 6.79. The fraction of sp³-hybridized carbons (Fsp3) is 0.381. The maximum Gasteiger partial charge on any atom is 0.305 e. The molecule has 1 N–H and O–H groups in total. The minimum absolute atomic E-state index is 0.0423. The summed E-state index contributed by atoms with van der Waals surface area (Å²) in [6.45, 7) is 4.81. The van der Waals surface area contributed by atoms with Gasteiger partial charge in [-0.25, -0.2) is 4.98 Å². The number of aryl methyl sites for hydroxylation is 1. The van der Waals surface area contributed by atoms with Crippen molar-refractivity contribution in [2.45, 2.75) is 46.1 Å². The van der Waals surface area contributed by atoms with Gasteiger partial charge in [0.1, 0.15) is 11.4 Å². The summed E-state index contributed by atoms with van der Waals surface area (Å²) in [6, 6.07) is 3.81. The van der Waals surface area contributed by atoms with E-state index in [2.05, 4.69) is 34.1 Å². The minimum atomic E-state index is -0.841. The Bertz CT molecular complexity index is 1250. The lowest BCUT2D eigenvalue weighted by atomic mass is 9.77. The number of carbonyl (C=O) groups is 1. The van der Waals surface area contributed by atoms with Crippen molar-refractivity contribution in [3.8, 4) is 23.0 Å². The van der Waals surface area contributed by atoms with E-state index in [1.165, 1.54) is 0 Å². The molecule has 1 aliphatic rings. The first kappa shape index (κ1) is 18.5. The van der Waals surface area contributed by atoms with Crippen LogP contribution in [0.4, 0.5) is 0 Å². The molecule has 4 aromatic rings. The summed E-state index contributed by atoms with van der Waals surface area (Å²) in [5, 5.41) is 18.1. The van der Waals surface area contributed by atoms with Crippen molar-refractivity contribution in [1.82, 2.24) is 24.8 Å². The van der Waals surface area contributed by atoms with Crippen LogP contribution in [0.25, 0.3) is 34.0 Å². The molecule has 5 rings (SSSR count). The van der Waals surface area contributed by atoms with Crippen molar-refractivity contribution in [2.75, 3.05) is 0 Å². The fourth-order valence-corrected chi connectivity index (χ4v) is 3.93. The number of carboxylic acid groups (broad SMARTS) is 1. The fourth-order valence-electron chi connectivity index (χ4n) is 3.93. The molecule has 0 spiro atoms. The molecule has 0 aromatic carbocycles. The van der Waals surface area contributed by atoms with Gasteiger partial charge in [0.2, 0.25) is 5.82 Å². The lowest BCUT2D eigenvalue weighted by Crippen LogP contribution is -2.21. The normalized spacial score (nSPS) is 15.4. The molecule has 1 aliphatic carbocycles. The van der Waals surface area contributed by atoms with Crippen LogP contribution in [-0.2, 0) is 24.2 Å². The zero-order chi connectivity index (χ0) is 20.9. The number of fused-ring (bicyclic) bond motifs is 2. The molecule has 0 atom stereocenters. The molecule has 0 saturated carbocycles. The van der Waals surface area contributed by atoms with E-state index in [1.807, 2.05) is 22.9 Å². The van der Waals surface area contributed by atoms with Crippen LogP contribution in [0.5, 0.6) is 0 Å². The summed E-state index contributed by atoms with van der Waals surface area (Å²) in [7, 11) is 0. The quantitative estimate of drug-likeness (QED) is 0.531. The summed E-state index contributed by atoms with van der Waals surface area (Å²) in [5.74, 6) is 0.817. The average molecular weight is 407 g/mol. The molecule has 0 unspecified atom stereocenters. The zero-order valence-corrected chi connectivity index (χ0v) is 16.8. The van der Waals surface area contributed by atoms with E-state index in [0.29, 0.717) is 29.5 Å². The summed E-state index contributed by atoms with van der Waals surface area (Å²) < 4.78 is 12.9. The molecule has 9 heteroatoms. The predicted molar refractivity (Wildman–Crippen MR) is 107 cm³/mol. The molecule has 0 aliphatic heterocycles. The third-order valence-corrected chi connectivity index (χ3v) is 5.62. The van der Waals surface area contributed by atoms with Crippen molar-refractivity contribution in [2.24, 2.45) is 5.41 Å². The molecule has 0 bridgehead atoms. The Labute approximate surface area is 171 Å². The number of aliphatic carboxylic acids is 1. The Hall–Kier alpha value is -3.49. The summed E-state index contributed by atoms with van der Waals surface area (Å²) in [6.07, 6.45) is 6.30. The Balaban J connectivity index is 1.43. The topological polar surface area (TPSA) is 120 Å². The summed E-state index contributed by atoms with van der Waals surface area (Å²) in [5.41, 5.74) is 3.30. The molecule has 4 heterocycles. The molecule has 0 saturated heterocycles. The first-order chi connectivity index (χ1) is 14.4. The average Bonchev–Trinajstić information content (AvgIpc) is 3.42. The molecular weight excluding hydrogens is 386 g/mol. The van der Waals surface area contributed by atoms with Crippen LogP contribution in [0.3, 0.4) is 0 Å².